The van der Waals surface area contributed by atoms with Gasteiger partial charge in [-0.05, 0) is 11.6 Å². The number of nitrogens with zero attached hydrogens (tertiary/aromatic N) is 4. The summed E-state index contributed by atoms with van der Waals surface area (Å²) in [4.78, 5) is 23.7. The van der Waals surface area contributed by atoms with E-state index in [-0.39, 0.29) is 30.1 Å². The number of halogens is 1. The smallest absolute Gasteiger partial charge is 0.238 e. The fraction of sp³-hybridized carbons (Fsp3) is 0.429. The first kappa shape index (κ1) is 12.9. The molecule has 2 rings (SSSR count). The van der Waals surface area contributed by atoms with Gasteiger partial charge >= 0.3 is 0 Å². The van der Waals surface area contributed by atoms with Gasteiger partial charge in [-0.1, -0.05) is 0 Å². The quantitative estimate of drug-likeness (QED) is 0.674. The molecular weight excluding hydrogens is 284 g/mol. The van der Waals surface area contributed by atoms with Crippen LogP contribution in [0, 0.1) is 0 Å². The molecule has 0 aliphatic carbocycles. The number of sulfonamides is 1. The van der Waals surface area contributed by atoms with Crippen LogP contribution < -0.4 is 15.8 Å². The van der Waals surface area contributed by atoms with Crippen molar-refractivity contribution in [3.63, 3.8) is 0 Å². The molecule has 1 saturated heterocycles. The molecule has 0 bridgehead atoms. The zero-order valence-corrected chi connectivity index (χ0v) is 10.5. The van der Waals surface area contributed by atoms with Gasteiger partial charge in [0.25, 0.3) is 0 Å². The van der Waals surface area contributed by atoms with E-state index in [0.717, 1.165) is 4.90 Å². The highest BCUT2D eigenvalue weighted by Gasteiger charge is 2.38. The van der Waals surface area contributed by atoms with Crippen molar-refractivity contribution in [1.82, 2.24) is 15.0 Å². The summed E-state index contributed by atoms with van der Waals surface area (Å²) < 4.78 is 22.4. The van der Waals surface area contributed by atoms with Crippen LogP contribution in [-0.4, -0.2) is 41.1 Å². The van der Waals surface area contributed by atoms with E-state index in [1.807, 2.05) is 0 Å². The molecule has 1 fully saturated rings. The molecule has 4 N–H and O–H groups in total. The number of carbonyl (C=O) groups excluding carboxylic acids is 1. The highest BCUT2D eigenvalue weighted by Crippen LogP contribution is 2.22. The minimum Gasteiger partial charge on any atom is -0.368 e. The lowest BCUT2D eigenvalue weighted by Crippen LogP contribution is -2.33. The van der Waals surface area contributed by atoms with Crippen LogP contribution in [0.15, 0.2) is 0 Å². The first-order chi connectivity index (χ1) is 8.27. The van der Waals surface area contributed by atoms with Crippen molar-refractivity contribution in [1.29, 1.82) is 0 Å². The average Bonchev–Trinajstić information content (AvgIpc) is 2.58. The molecule has 1 amide bonds. The van der Waals surface area contributed by atoms with Crippen LogP contribution in [0.5, 0.6) is 0 Å². The number of nitrogen functional groups attached to an aromatic ring is 1. The van der Waals surface area contributed by atoms with Crippen LogP contribution in [0.2, 0.25) is 5.28 Å². The van der Waals surface area contributed by atoms with Gasteiger partial charge in [-0.25, -0.2) is 13.6 Å². The largest absolute Gasteiger partial charge is 0.368 e. The van der Waals surface area contributed by atoms with E-state index >= 15 is 0 Å². The van der Waals surface area contributed by atoms with Crippen LogP contribution in [0.25, 0.3) is 0 Å². The standard InChI is InChI=1S/C7H9ClN6O3S/c8-5-11-6(9)13-7(12-5)14-2-3(1-4(14)15)18(10,16)17/h3H,1-2H2,(H2,10,16,17)(H2,9,11,12,13). The molecule has 1 aliphatic rings. The van der Waals surface area contributed by atoms with Gasteiger partial charge in [0, 0.05) is 13.0 Å². The Balaban J connectivity index is 2.32. The first-order valence-corrected chi connectivity index (χ1v) is 6.75. The molecule has 0 spiro atoms. The van der Waals surface area contributed by atoms with Crippen molar-refractivity contribution in [2.24, 2.45) is 5.14 Å². The zero-order valence-electron chi connectivity index (χ0n) is 8.95. The number of nitrogens with two attached hydrogens (primary N) is 2. The number of rotatable bonds is 2. The van der Waals surface area contributed by atoms with E-state index in [0.29, 0.717) is 0 Å². The van der Waals surface area contributed by atoms with Crippen LogP contribution >= 0.6 is 11.6 Å². The maximum absolute atomic E-state index is 11.7. The third-order valence-electron chi connectivity index (χ3n) is 2.41. The van der Waals surface area contributed by atoms with Crippen molar-refractivity contribution >= 4 is 39.4 Å². The SMILES string of the molecule is Nc1nc(Cl)nc(N2CC(S(N)(=O)=O)CC2=O)n1. The van der Waals surface area contributed by atoms with Crippen LogP contribution in [0.4, 0.5) is 11.9 Å². The van der Waals surface area contributed by atoms with Crippen molar-refractivity contribution in [3.05, 3.63) is 5.28 Å². The maximum atomic E-state index is 11.7. The number of anilines is 2. The van der Waals surface area contributed by atoms with Crippen molar-refractivity contribution in [2.75, 3.05) is 17.2 Å². The molecule has 1 aliphatic heterocycles. The Morgan fingerprint density at radius 2 is 2.00 bits per heavy atom. The normalized spacial score (nSPS) is 20.4. The summed E-state index contributed by atoms with van der Waals surface area (Å²) in [7, 11) is -3.79. The number of amides is 1. The van der Waals surface area contributed by atoms with Gasteiger partial charge in [0.2, 0.25) is 33.1 Å². The minimum absolute atomic E-state index is 0.0800. The molecule has 98 valence electrons. The Bertz CT molecular complexity index is 585. The molecule has 11 heteroatoms. The van der Waals surface area contributed by atoms with Gasteiger partial charge in [0.05, 0.1) is 0 Å². The van der Waals surface area contributed by atoms with Crippen molar-refractivity contribution in [3.8, 4) is 0 Å². The summed E-state index contributed by atoms with van der Waals surface area (Å²) in [5, 5.41) is 3.83. The number of hydrogen-bond acceptors (Lipinski definition) is 7. The molecule has 0 radical (unpaired) electrons. The van der Waals surface area contributed by atoms with E-state index in [1.165, 1.54) is 0 Å². The Kier molecular flexibility index (Phi) is 3.09. The van der Waals surface area contributed by atoms with E-state index in [9.17, 15) is 13.2 Å². The molecule has 1 atom stereocenters. The van der Waals surface area contributed by atoms with Crippen LogP contribution in [0.1, 0.15) is 6.42 Å². The predicted molar refractivity (Wildman–Crippen MR) is 63.1 cm³/mol. The summed E-state index contributed by atoms with van der Waals surface area (Å²) >= 11 is 5.58. The van der Waals surface area contributed by atoms with Gasteiger partial charge in [-0.3, -0.25) is 9.69 Å². The predicted octanol–water partition coefficient (Wildman–Crippen LogP) is -1.50. The van der Waals surface area contributed by atoms with Gasteiger partial charge in [-0.2, -0.15) is 15.0 Å². The van der Waals surface area contributed by atoms with E-state index in [2.05, 4.69) is 15.0 Å². The molecule has 0 saturated carbocycles. The van der Waals surface area contributed by atoms with Gasteiger partial charge in [-0.15, -0.1) is 0 Å². The summed E-state index contributed by atoms with van der Waals surface area (Å²) in [6.45, 7) is -0.128. The van der Waals surface area contributed by atoms with E-state index < -0.39 is 21.2 Å². The minimum atomic E-state index is -3.79. The number of aromatic nitrogens is 3. The van der Waals surface area contributed by atoms with Crippen molar-refractivity contribution < 1.29 is 13.2 Å². The molecule has 1 aromatic rings. The first-order valence-electron chi connectivity index (χ1n) is 4.76. The second kappa shape index (κ2) is 4.30. The summed E-state index contributed by atoms with van der Waals surface area (Å²) in [5.74, 6) is -0.698. The topological polar surface area (TPSA) is 145 Å². The summed E-state index contributed by atoms with van der Waals surface area (Å²) in [6, 6.07) is 0. The third-order valence-corrected chi connectivity index (χ3v) is 3.82. The highest BCUT2D eigenvalue weighted by molar-refractivity contribution is 7.89. The van der Waals surface area contributed by atoms with E-state index in [4.69, 9.17) is 22.5 Å². The molecule has 0 aromatic carbocycles. The summed E-state index contributed by atoms with van der Waals surface area (Å²) in [6.07, 6.45) is -0.220. The van der Waals surface area contributed by atoms with Crippen molar-refractivity contribution in [2.45, 2.75) is 11.7 Å². The molecule has 9 nitrogen and oxygen atoms in total. The number of carbonyl (C=O) groups is 1. The fourth-order valence-electron chi connectivity index (χ4n) is 1.56. The van der Waals surface area contributed by atoms with Gasteiger partial charge < -0.3 is 5.73 Å². The van der Waals surface area contributed by atoms with Crippen LogP contribution in [0.3, 0.4) is 0 Å². The molecule has 1 aromatic heterocycles. The molecule has 1 unspecified atom stereocenters. The second-order valence-electron chi connectivity index (χ2n) is 3.68. The van der Waals surface area contributed by atoms with Gasteiger partial charge in [0.15, 0.2) is 0 Å². The third kappa shape index (κ3) is 2.49. The Hall–Kier alpha value is -1.52. The Morgan fingerprint density at radius 3 is 2.50 bits per heavy atom. The maximum Gasteiger partial charge on any atom is 0.238 e. The fourth-order valence-corrected chi connectivity index (χ4v) is 2.46. The molecule has 18 heavy (non-hydrogen) atoms. The Labute approximate surface area is 107 Å². The average molecular weight is 293 g/mol. The molecule has 2 heterocycles. The zero-order chi connectivity index (χ0) is 13.5. The lowest BCUT2D eigenvalue weighted by molar-refractivity contribution is -0.117. The lowest BCUT2D eigenvalue weighted by Gasteiger charge is -2.13. The number of hydrogen-bond donors (Lipinski definition) is 2. The van der Waals surface area contributed by atoms with Gasteiger partial charge in [0.1, 0.15) is 5.25 Å². The number of primary sulfonamides is 1. The highest BCUT2D eigenvalue weighted by atomic mass is 35.5. The van der Waals surface area contributed by atoms with E-state index in [1.54, 1.807) is 0 Å². The molecular formula is C7H9ClN6O3S. The lowest BCUT2D eigenvalue weighted by atomic mass is 10.4. The second-order valence-corrected chi connectivity index (χ2v) is 5.86. The van der Waals surface area contributed by atoms with Crippen LogP contribution in [-0.2, 0) is 14.8 Å². The Morgan fingerprint density at radius 1 is 1.33 bits per heavy atom. The summed E-state index contributed by atoms with van der Waals surface area (Å²) in [5.41, 5.74) is 5.37. The monoisotopic (exact) mass is 292 g/mol.